The zero-order valence-corrected chi connectivity index (χ0v) is 16.8. The van der Waals surface area contributed by atoms with E-state index in [9.17, 15) is 14.4 Å². The second-order valence-corrected chi connectivity index (χ2v) is 7.15. The van der Waals surface area contributed by atoms with Crippen LogP contribution in [0.1, 0.15) is 61.0 Å². The first-order valence-corrected chi connectivity index (χ1v) is 9.47. The largest absolute Gasteiger partial charge is 0.453 e. The van der Waals surface area contributed by atoms with Crippen LogP contribution in [0.15, 0.2) is 48.5 Å². The molecule has 2 rings (SSSR count). The number of anilines is 1. The first-order chi connectivity index (χ1) is 13.3. The average Bonchev–Trinajstić information content (AvgIpc) is 2.66. The van der Waals surface area contributed by atoms with Gasteiger partial charge in [0.15, 0.2) is 11.9 Å². The lowest BCUT2D eigenvalue weighted by Crippen LogP contribution is -2.30. The van der Waals surface area contributed by atoms with Gasteiger partial charge in [0, 0.05) is 17.7 Å². The van der Waals surface area contributed by atoms with Gasteiger partial charge >= 0.3 is 5.97 Å². The molecule has 28 heavy (non-hydrogen) atoms. The van der Waals surface area contributed by atoms with Crippen LogP contribution in [0.25, 0.3) is 0 Å². The number of rotatable bonds is 8. The second kappa shape index (κ2) is 9.83. The van der Waals surface area contributed by atoms with Crippen LogP contribution in [-0.2, 0) is 14.3 Å². The maximum atomic E-state index is 12.4. The molecule has 0 unspecified atom stereocenters. The smallest absolute Gasteiger partial charge is 0.307 e. The number of Topliss-reactive ketones (excluding diaryl/α,β-unsaturated/α-hetero) is 1. The zero-order chi connectivity index (χ0) is 20.7. The van der Waals surface area contributed by atoms with Gasteiger partial charge < -0.3 is 10.1 Å². The molecule has 5 nitrogen and oxygen atoms in total. The van der Waals surface area contributed by atoms with Gasteiger partial charge in [-0.1, -0.05) is 61.9 Å². The van der Waals surface area contributed by atoms with Gasteiger partial charge in [0.25, 0.3) is 5.91 Å². The number of benzene rings is 2. The molecular formula is C23H27NO4. The van der Waals surface area contributed by atoms with E-state index in [1.807, 2.05) is 57.2 Å². The third-order valence-corrected chi connectivity index (χ3v) is 4.45. The van der Waals surface area contributed by atoms with Crippen LogP contribution in [-0.4, -0.2) is 23.8 Å². The Morgan fingerprint density at radius 3 is 2.21 bits per heavy atom. The fourth-order valence-electron chi connectivity index (χ4n) is 2.76. The fourth-order valence-corrected chi connectivity index (χ4v) is 2.76. The van der Waals surface area contributed by atoms with Crippen LogP contribution in [0.2, 0.25) is 0 Å². The highest BCUT2D eigenvalue weighted by Gasteiger charge is 2.20. The molecule has 0 saturated carbocycles. The molecule has 0 heterocycles. The molecule has 0 spiro atoms. The van der Waals surface area contributed by atoms with Crippen molar-refractivity contribution >= 4 is 23.3 Å². The van der Waals surface area contributed by atoms with Gasteiger partial charge in [-0.05, 0) is 31.4 Å². The van der Waals surface area contributed by atoms with Crippen molar-refractivity contribution in [1.82, 2.24) is 0 Å². The highest BCUT2D eigenvalue weighted by molar-refractivity contribution is 5.98. The minimum absolute atomic E-state index is 0.0480. The summed E-state index contributed by atoms with van der Waals surface area (Å²) in [7, 11) is 0. The molecule has 5 heteroatoms. The molecule has 0 aliphatic rings. The van der Waals surface area contributed by atoms with Crippen LogP contribution in [0.3, 0.4) is 0 Å². The lowest BCUT2D eigenvalue weighted by molar-refractivity contribution is -0.153. The number of amides is 1. The number of para-hydroxylation sites is 1. The molecule has 0 aromatic heterocycles. The zero-order valence-electron chi connectivity index (χ0n) is 16.8. The lowest BCUT2D eigenvalue weighted by Gasteiger charge is -2.17. The summed E-state index contributed by atoms with van der Waals surface area (Å²) in [5, 5.41) is 2.81. The topological polar surface area (TPSA) is 72.5 Å². The molecule has 0 saturated heterocycles. The highest BCUT2D eigenvalue weighted by atomic mass is 16.5. The molecular weight excluding hydrogens is 354 g/mol. The van der Waals surface area contributed by atoms with Gasteiger partial charge in [-0.2, -0.15) is 0 Å². The summed E-state index contributed by atoms with van der Waals surface area (Å²) in [6.07, 6.45) is -0.957. The Bertz CT molecular complexity index is 840. The molecule has 0 fully saturated rings. The van der Waals surface area contributed by atoms with Crippen LogP contribution in [0.4, 0.5) is 5.69 Å². The van der Waals surface area contributed by atoms with Gasteiger partial charge in [-0.25, -0.2) is 0 Å². The summed E-state index contributed by atoms with van der Waals surface area (Å²) < 4.78 is 5.19. The second-order valence-electron chi connectivity index (χ2n) is 7.15. The molecule has 1 N–H and O–H groups in total. The van der Waals surface area contributed by atoms with Crippen molar-refractivity contribution in [2.45, 2.75) is 52.6 Å². The maximum absolute atomic E-state index is 12.4. The van der Waals surface area contributed by atoms with Crippen LogP contribution in [0.5, 0.6) is 0 Å². The summed E-state index contributed by atoms with van der Waals surface area (Å²) in [5.41, 5.74) is 3.35. The van der Waals surface area contributed by atoms with E-state index in [4.69, 9.17) is 4.74 Å². The number of ketones is 1. The van der Waals surface area contributed by atoms with Crippen molar-refractivity contribution in [3.05, 3.63) is 65.2 Å². The molecule has 148 valence electrons. The Morgan fingerprint density at radius 2 is 1.57 bits per heavy atom. The number of ether oxygens (including phenoxy) is 1. The monoisotopic (exact) mass is 381 g/mol. The predicted molar refractivity (Wildman–Crippen MR) is 109 cm³/mol. The summed E-state index contributed by atoms with van der Waals surface area (Å²) >= 11 is 0. The van der Waals surface area contributed by atoms with Gasteiger partial charge in [-0.15, -0.1) is 0 Å². The highest BCUT2D eigenvalue weighted by Crippen LogP contribution is 2.23. The normalized spacial score (nSPS) is 11.8. The average molecular weight is 381 g/mol. The molecule has 0 radical (unpaired) electrons. The third kappa shape index (κ3) is 6.05. The molecule has 0 aliphatic heterocycles. The van der Waals surface area contributed by atoms with Gasteiger partial charge in [0.05, 0.1) is 6.42 Å². The number of carbonyl (C=O) groups is 3. The minimum Gasteiger partial charge on any atom is -0.453 e. The summed E-state index contributed by atoms with van der Waals surface area (Å²) in [6.45, 7) is 7.55. The number of hydrogen-bond acceptors (Lipinski definition) is 4. The van der Waals surface area contributed by atoms with Crippen molar-refractivity contribution in [1.29, 1.82) is 0 Å². The number of esters is 1. The van der Waals surface area contributed by atoms with Crippen molar-refractivity contribution in [3.63, 3.8) is 0 Å². The third-order valence-electron chi connectivity index (χ3n) is 4.45. The number of carbonyl (C=O) groups excluding carboxylic acids is 3. The van der Waals surface area contributed by atoms with Crippen LogP contribution in [0, 0.1) is 6.92 Å². The van der Waals surface area contributed by atoms with Crippen molar-refractivity contribution < 1.29 is 19.1 Å². The summed E-state index contributed by atoms with van der Waals surface area (Å²) in [6, 6.07) is 14.7. The van der Waals surface area contributed by atoms with E-state index in [1.165, 1.54) is 6.92 Å². The van der Waals surface area contributed by atoms with Gasteiger partial charge in [0.1, 0.15) is 0 Å². The summed E-state index contributed by atoms with van der Waals surface area (Å²) in [5.74, 6) is -0.839. The van der Waals surface area contributed by atoms with E-state index in [-0.39, 0.29) is 24.5 Å². The van der Waals surface area contributed by atoms with E-state index in [0.717, 1.165) is 11.1 Å². The standard InChI is InChI=1S/C23H27NO4/c1-15(2)19-7-5-6-8-20(19)24-23(27)17(4)28-22(26)14-13-21(25)18-11-9-16(3)10-12-18/h5-12,15,17H,13-14H2,1-4H3,(H,24,27)/t17-/m1/s1. The first kappa shape index (κ1) is 21.4. The molecule has 1 atom stereocenters. The Balaban J connectivity index is 1.85. The van der Waals surface area contributed by atoms with Crippen LogP contribution >= 0.6 is 0 Å². The van der Waals surface area contributed by atoms with Gasteiger partial charge in [0.2, 0.25) is 0 Å². The number of nitrogens with one attached hydrogen (secondary N) is 1. The number of aryl methyl sites for hydroxylation is 1. The van der Waals surface area contributed by atoms with Crippen molar-refractivity contribution in [2.75, 3.05) is 5.32 Å². The van der Waals surface area contributed by atoms with Gasteiger partial charge in [-0.3, -0.25) is 14.4 Å². The molecule has 1 amide bonds. The quantitative estimate of drug-likeness (QED) is 0.533. The van der Waals surface area contributed by atoms with E-state index in [1.54, 1.807) is 12.1 Å². The predicted octanol–water partition coefficient (Wildman–Crippen LogP) is 4.65. The Hall–Kier alpha value is -2.95. The van der Waals surface area contributed by atoms with E-state index in [2.05, 4.69) is 5.32 Å². The van der Waals surface area contributed by atoms with Crippen molar-refractivity contribution in [2.24, 2.45) is 0 Å². The minimum atomic E-state index is -0.942. The fraction of sp³-hybridized carbons (Fsp3) is 0.348. The lowest BCUT2D eigenvalue weighted by atomic mass is 10.0. The molecule has 0 bridgehead atoms. The van der Waals surface area contributed by atoms with E-state index >= 15 is 0 Å². The summed E-state index contributed by atoms with van der Waals surface area (Å²) in [4.78, 5) is 36.5. The van der Waals surface area contributed by atoms with E-state index < -0.39 is 18.0 Å². The van der Waals surface area contributed by atoms with Crippen molar-refractivity contribution in [3.8, 4) is 0 Å². The number of hydrogen-bond donors (Lipinski definition) is 1. The SMILES string of the molecule is Cc1ccc(C(=O)CCC(=O)O[C@H](C)C(=O)Nc2ccccc2C(C)C)cc1. The molecule has 2 aromatic carbocycles. The first-order valence-electron chi connectivity index (χ1n) is 9.47. The van der Waals surface area contributed by atoms with Crippen LogP contribution < -0.4 is 5.32 Å². The Kier molecular flexibility index (Phi) is 7.50. The molecule has 2 aromatic rings. The van der Waals surface area contributed by atoms with E-state index in [0.29, 0.717) is 11.3 Å². The maximum Gasteiger partial charge on any atom is 0.307 e. The Morgan fingerprint density at radius 1 is 0.929 bits per heavy atom. The Labute approximate surface area is 166 Å². The molecule has 0 aliphatic carbocycles.